The number of hydrogen-bond donors (Lipinski definition) is 0. The largest absolute Gasteiger partial charge is 0.324 e. The summed E-state index contributed by atoms with van der Waals surface area (Å²) in [7, 11) is 0. The van der Waals surface area contributed by atoms with Crippen molar-refractivity contribution in [3.05, 3.63) is 64.4 Å². The number of halogens is 2. The fourth-order valence-corrected chi connectivity index (χ4v) is 4.95. The van der Waals surface area contributed by atoms with Crippen LogP contribution in [0.3, 0.4) is 0 Å². The van der Waals surface area contributed by atoms with Crippen molar-refractivity contribution in [1.82, 2.24) is 14.5 Å². The first-order valence-corrected chi connectivity index (χ1v) is 9.70. The Morgan fingerprint density at radius 1 is 1.24 bits per heavy atom. The van der Waals surface area contributed by atoms with E-state index in [0.29, 0.717) is 16.6 Å². The molecular weight excluding hydrogens is 377 g/mol. The van der Waals surface area contributed by atoms with Crippen LogP contribution in [0.15, 0.2) is 48.8 Å². The molecular formula is C18H15Cl2N3OS. The monoisotopic (exact) mass is 391 g/mol. The average Bonchev–Trinajstić information content (AvgIpc) is 3.22. The number of carbonyl (C=O) groups is 1. The van der Waals surface area contributed by atoms with Gasteiger partial charge in [0, 0.05) is 27.9 Å². The summed E-state index contributed by atoms with van der Waals surface area (Å²) in [5.41, 5.74) is 2.78. The zero-order valence-corrected chi connectivity index (χ0v) is 15.6. The number of aromatic nitrogens is 2. The van der Waals surface area contributed by atoms with E-state index in [1.165, 1.54) is 0 Å². The number of fused-ring (bicyclic) bond motifs is 1. The van der Waals surface area contributed by atoms with Gasteiger partial charge in [-0.3, -0.25) is 4.79 Å². The smallest absolute Gasteiger partial charge is 0.243 e. The zero-order chi connectivity index (χ0) is 17.4. The molecule has 1 amide bonds. The molecule has 1 saturated heterocycles. The minimum Gasteiger partial charge on any atom is -0.324 e. The molecule has 4 rings (SSSR count). The zero-order valence-electron chi connectivity index (χ0n) is 13.2. The Morgan fingerprint density at radius 2 is 2.08 bits per heavy atom. The third-order valence-corrected chi connectivity index (χ3v) is 6.08. The maximum absolute atomic E-state index is 12.9. The predicted octanol–water partition coefficient (Wildman–Crippen LogP) is 4.62. The van der Waals surface area contributed by atoms with Crippen molar-refractivity contribution in [2.75, 3.05) is 12.3 Å². The number of hydrogen-bond acceptors (Lipinski definition) is 3. The molecule has 0 spiro atoms. The van der Waals surface area contributed by atoms with E-state index in [0.717, 1.165) is 22.3 Å². The number of rotatable bonds is 3. The standard InChI is InChI=1S/C18H15Cl2N3OS/c19-12-5-6-13(14(20)9-12)18-23(7-8-25-18)17(24)10-22-11-21-15-3-1-2-4-16(15)22/h1-6,9,11,18H,7-8,10H2. The van der Waals surface area contributed by atoms with E-state index in [1.54, 1.807) is 24.2 Å². The molecule has 2 aromatic carbocycles. The topological polar surface area (TPSA) is 38.1 Å². The van der Waals surface area contributed by atoms with E-state index in [2.05, 4.69) is 4.98 Å². The van der Waals surface area contributed by atoms with Crippen LogP contribution in [0.2, 0.25) is 10.0 Å². The molecule has 1 unspecified atom stereocenters. The second kappa shape index (κ2) is 6.90. The Bertz CT molecular complexity index is 943. The summed E-state index contributed by atoms with van der Waals surface area (Å²) in [4.78, 5) is 19.1. The average molecular weight is 392 g/mol. The molecule has 1 aliphatic heterocycles. The van der Waals surface area contributed by atoms with Crippen molar-refractivity contribution in [1.29, 1.82) is 0 Å². The van der Waals surface area contributed by atoms with Crippen LogP contribution in [0, 0.1) is 0 Å². The SMILES string of the molecule is O=C(Cn1cnc2ccccc21)N1CCSC1c1ccc(Cl)cc1Cl. The van der Waals surface area contributed by atoms with E-state index in [9.17, 15) is 4.79 Å². The van der Waals surface area contributed by atoms with Crippen LogP contribution in [0.1, 0.15) is 10.9 Å². The molecule has 1 fully saturated rings. The predicted molar refractivity (Wildman–Crippen MR) is 103 cm³/mol. The summed E-state index contributed by atoms with van der Waals surface area (Å²) >= 11 is 14.1. The summed E-state index contributed by atoms with van der Waals surface area (Å²) in [6.45, 7) is 0.975. The summed E-state index contributed by atoms with van der Waals surface area (Å²) < 4.78 is 1.89. The lowest BCUT2D eigenvalue weighted by Crippen LogP contribution is -2.33. The lowest BCUT2D eigenvalue weighted by Gasteiger charge is -2.25. The normalized spacial score (nSPS) is 17.4. The van der Waals surface area contributed by atoms with Crippen molar-refractivity contribution in [2.45, 2.75) is 11.9 Å². The van der Waals surface area contributed by atoms with E-state index in [-0.39, 0.29) is 17.8 Å². The lowest BCUT2D eigenvalue weighted by molar-refractivity contribution is -0.131. The van der Waals surface area contributed by atoms with E-state index in [4.69, 9.17) is 23.2 Å². The molecule has 0 bridgehead atoms. The molecule has 3 aromatic rings. The molecule has 0 saturated carbocycles. The summed E-state index contributed by atoms with van der Waals surface area (Å²) in [6, 6.07) is 13.3. The molecule has 1 atom stereocenters. The van der Waals surface area contributed by atoms with Gasteiger partial charge in [0.25, 0.3) is 0 Å². The van der Waals surface area contributed by atoms with Crippen molar-refractivity contribution in [3.63, 3.8) is 0 Å². The van der Waals surface area contributed by atoms with Crippen molar-refractivity contribution in [3.8, 4) is 0 Å². The Balaban J connectivity index is 1.58. The van der Waals surface area contributed by atoms with E-state index >= 15 is 0 Å². The lowest BCUT2D eigenvalue weighted by atomic mass is 10.2. The molecule has 25 heavy (non-hydrogen) atoms. The first-order chi connectivity index (χ1) is 12.1. The molecule has 4 nitrogen and oxygen atoms in total. The molecule has 2 heterocycles. The van der Waals surface area contributed by atoms with Gasteiger partial charge in [-0.2, -0.15) is 0 Å². The highest BCUT2D eigenvalue weighted by atomic mass is 35.5. The molecule has 1 aromatic heterocycles. The van der Waals surface area contributed by atoms with Crippen molar-refractivity contribution in [2.24, 2.45) is 0 Å². The summed E-state index contributed by atoms with van der Waals surface area (Å²) in [5, 5.41) is 1.12. The number of nitrogens with zero attached hydrogens (tertiary/aromatic N) is 3. The van der Waals surface area contributed by atoms with Crippen LogP contribution in [0.5, 0.6) is 0 Å². The Morgan fingerprint density at radius 3 is 2.92 bits per heavy atom. The van der Waals surface area contributed by atoms with Gasteiger partial charge in [-0.15, -0.1) is 11.8 Å². The van der Waals surface area contributed by atoms with Crippen LogP contribution in [0.25, 0.3) is 11.0 Å². The van der Waals surface area contributed by atoms with Gasteiger partial charge in [-0.1, -0.05) is 41.4 Å². The van der Waals surface area contributed by atoms with Gasteiger partial charge >= 0.3 is 0 Å². The number of benzene rings is 2. The van der Waals surface area contributed by atoms with Crippen LogP contribution in [0.4, 0.5) is 0 Å². The molecule has 1 aliphatic rings. The van der Waals surface area contributed by atoms with Crippen molar-refractivity contribution >= 4 is 51.9 Å². The van der Waals surface area contributed by atoms with Gasteiger partial charge in [0.2, 0.25) is 5.91 Å². The number of imidazole rings is 1. The summed E-state index contributed by atoms with van der Waals surface area (Å²) in [6.07, 6.45) is 1.72. The van der Waals surface area contributed by atoms with Gasteiger partial charge in [0.05, 0.1) is 17.4 Å². The van der Waals surface area contributed by atoms with Crippen LogP contribution in [-0.2, 0) is 11.3 Å². The van der Waals surface area contributed by atoms with Gasteiger partial charge in [0.1, 0.15) is 11.9 Å². The number of amides is 1. The second-order valence-electron chi connectivity index (χ2n) is 5.84. The second-order valence-corrected chi connectivity index (χ2v) is 7.87. The molecule has 128 valence electrons. The first-order valence-electron chi connectivity index (χ1n) is 7.89. The van der Waals surface area contributed by atoms with E-state index in [1.807, 2.05) is 45.9 Å². The van der Waals surface area contributed by atoms with E-state index < -0.39 is 0 Å². The molecule has 0 radical (unpaired) electrons. The minimum atomic E-state index is -0.0768. The fourth-order valence-electron chi connectivity index (χ4n) is 3.06. The highest BCUT2D eigenvalue weighted by Gasteiger charge is 2.32. The van der Waals surface area contributed by atoms with Crippen LogP contribution >= 0.6 is 35.0 Å². The fraction of sp³-hybridized carbons (Fsp3) is 0.222. The van der Waals surface area contributed by atoms with Gasteiger partial charge in [-0.25, -0.2) is 4.98 Å². The Labute approximate surface area is 159 Å². The quantitative estimate of drug-likeness (QED) is 0.653. The Hall–Kier alpha value is -1.69. The molecule has 7 heteroatoms. The maximum Gasteiger partial charge on any atom is 0.243 e. The third-order valence-electron chi connectivity index (χ3n) is 4.27. The number of thioether (sulfide) groups is 1. The maximum atomic E-state index is 12.9. The summed E-state index contributed by atoms with van der Waals surface area (Å²) in [5.74, 6) is 0.948. The number of para-hydroxylation sites is 2. The van der Waals surface area contributed by atoms with Crippen LogP contribution in [-0.4, -0.2) is 32.7 Å². The highest BCUT2D eigenvalue weighted by Crippen LogP contribution is 2.41. The third kappa shape index (κ3) is 3.24. The van der Waals surface area contributed by atoms with Crippen molar-refractivity contribution < 1.29 is 4.79 Å². The first kappa shape index (κ1) is 16.8. The van der Waals surface area contributed by atoms with Gasteiger partial charge in [-0.05, 0) is 24.3 Å². The minimum absolute atomic E-state index is 0.0594. The Kier molecular flexibility index (Phi) is 4.63. The number of carbonyl (C=O) groups excluding carboxylic acids is 1. The molecule has 0 aliphatic carbocycles. The van der Waals surface area contributed by atoms with Gasteiger partial charge < -0.3 is 9.47 Å². The highest BCUT2D eigenvalue weighted by molar-refractivity contribution is 7.99. The molecule has 0 N–H and O–H groups in total. The van der Waals surface area contributed by atoms with Gasteiger partial charge in [0.15, 0.2) is 0 Å². The van der Waals surface area contributed by atoms with Crippen LogP contribution < -0.4 is 0 Å².